The SMILES string of the molecule is COCCN(CC(=O)N1N=C(c2ccccc2F)CC1c1ccc(C)cc1)C(=O)c1ccc(OC)cc1. The van der Waals surface area contributed by atoms with E-state index in [0.29, 0.717) is 29.0 Å². The molecule has 0 radical (unpaired) electrons. The molecule has 1 unspecified atom stereocenters. The molecule has 0 spiro atoms. The Kier molecular flexibility index (Phi) is 8.30. The zero-order chi connectivity index (χ0) is 26.4. The Labute approximate surface area is 216 Å². The minimum Gasteiger partial charge on any atom is -0.497 e. The highest BCUT2D eigenvalue weighted by molar-refractivity contribution is 6.04. The number of benzene rings is 3. The van der Waals surface area contributed by atoms with E-state index in [0.717, 1.165) is 11.1 Å². The zero-order valence-electron chi connectivity index (χ0n) is 21.2. The second-order valence-corrected chi connectivity index (χ2v) is 8.84. The van der Waals surface area contributed by atoms with Gasteiger partial charge < -0.3 is 14.4 Å². The van der Waals surface area contributed by atoms with E-state index in [1.54, 1.807) is 49.6 Å². The number of hydrazone groups is 1. The summed E-state index contributed by atoms with van der Waals surface area (Å²) in [6.07, 6.45) is 0.361. The van der Waals surface area contributed by atoms with Crippen molar-refractivity contribution in [3.05, 3.63) is 101 Å². The molecule has 1 atom stereocenters. The van der Waals surface area contributed by atoms with Gasteiger partial charge in [-0.15, -0.1) is 0 Å². The summed E-state index contributed by atoms with van der Waals surface area (Å²) in [6, 6.07) is 20.5. The fourth-order valence-electron chi connectivity index (χ4n) is 4.25. The molecule has 1 aliphatic rings. The van der Waals surface area contributed by atoms with Crippen molar-refractivity contribution in [2.45, 2.75) is 19.4 Å². The third-order valence-corrected chi connectivity index (χ3v) is 6.33. The lowest BCUT2D eigenvalue weighted by molar-refractivity contribution is -0.133. The van der Waals surface area contributed by atoms with Crippen LogP contribution in [0.15, 0.2) is 77.9 Å². The molecule has 4 rings (SSSR count). The summed E-state index contributed by atoms with van der Waals surface area (Å²) in [5.41, 5.74) is 3.25. The lowest BCUT2D eigenvalue weighted by atomic mass is 9.97. The van der Waals surface area contributed by atoms with Crippen LogP contribution >= 0.6 is 0 Å². The van der Waals surface area contributed by atoms with Gasteiger partial charge in [0.05, 0.1) is 25.5 Å². The van der Waals surface area contributed by atoms with Gasteiger partial charge in [0.1, 0.15) is 18.1 Å². The molecule has 0 fully saturated rings. The molecule has 3 aromatic rings. The number of carbonyl (C=O) groups is 2. The van der Waals surface area contributed by atoms with Crippen LogP contribution in [0.4, 0.5) is 4.39 Å². The average Bonchev–Trinajstić information content (AvgIpc) is 3.36. The van der Waals surface area contributed by atoms with E-state index < -0.39 is 11.9 Å². The summed E-state index contributed by atoms with van der Waals surface area (Å²) < 4.78 is 24.9. The van der Waals surface area contributed by atoms with Crippen LogP contribution in [0, 0.1) is 12.7 Å². The maximum absolute atomic E-state index is 14.6. The zero-order valence-corrected chi connectivity index (χ0v) is 21.2. The van der Waals surface area contributed by atoms with Crippen molar-refractivity contribution in [2.24, 2.45) is 5.10 Å². The Bertz CT molecular complexity index is 1280. The minimum absolute atomic E-state index is 0.204. The molecule has 0 aliphatic carbocycles. The summed E-state index contributed by atoms with van der Waals surface area (Å²) in [5.74, 6) is -0.439. The molecule has 3 aromatic carbocycles. The van der Waals surface area contributed by atoms with Crippen molar-refractivity contribution in [2.75, 3.05) is 33.9 Å². The average molecular weight is 504 g/mol. The molecular weight excluding hydrogens is 473 g/mol. The summed E-state index contributed by atoms with van der Waals surface area (Å²) >= 11 is 0. The maximum Gasteiger partial charge on any atom is 0.262 e. The van der Waals surface area contributed by atoms with Crippen molar-refractivity contribution in [3.8, 4) is 5.75 Å². The standard InChI is InChI=1S/C29H30FN3O4/c1-20-8-10-21(11-9-20)27-18-26(24-6-4-5-7-25(24)30)31-33(27)28(34)19-32(16-17-36-2)29(35)22-12-14-23(37-3)15-13-22/h4-15,27H,16-19H2,1-3H3. The van der Waals surface area contributed by atoms with Crippen LogP contribution in [0.2, 0.25) is 0 Å². The van der Waals surface area contributed by atoms with E-state index in [9.17, 15) is 14.0 Å². The molecule has 0 aromatic heterocycles. The number of carbonyl (C=O) groups excluding carboxylic acids is 2. The van der Waals surface area contributed by atoms with Gasteiger partial charge in [0, 0.05) is 31.2 Å². The van der Waals surface area contributed by atoms with Gasteiger partial charge in [-0.05, 0) is 42.8 Å². The predicted molar refractivity (Wildman–Crippen MR) is 139 cm³/mol. The topological polar surface area (TPSA) is 71.4 Å². The first-order valence-electron chi connectivity index (χ1n) is 12.0. The summed E-state index contributed by atoms with van der Waals surface area (Å²) in [6.45, 7) is 2.27. The number of rotatable bonds is 9. The number of aryl methyl sites for hydroxylation is 1. The molecule has 1 aliphatic heterocycles. The van der Waals surface area contributed by atoms with Crippen LogP contribution in [0.25, 0.3) is 0 Å². The van der Waals surface area contributed by atoms with Crippen LogP contribution < -0.4 is 4.74 Å². The maximum atomic E-state index is 14.6. The molecule has 2 amide bonds. The predicted octanol–water partition coefficient (Wildman–Crippen LogP) is 4.61. The Morgan fingerprint density at radius 2 is 1.73 bits per heavy atom. The van der Waals surface area contributed by atoms with E-state index in [4.69, 9.17) is 9.47 Å². The Hall–Kier alpha value is -4.04. The molecule has 0 N–H and O–H groups in total. The van der Waals surface area contributed by atoms with E-state index in [2.05, 4.69) is 5.10 Å². The fourth-order valence-corrected chi connectivity index (χ4v) is 4.25. The van der Waals surface area contributed by atoms with Crippen LogP contribution in [0.3, 0.4) is 0 Å². The Morgan fingerprint density at radius 3 is 2.38 bits per heavy atom. The Morgan fingerprint density at radius 1 is 1.03 bits per heavy atom. The summed E-state index contributed by atoms with van der Waals surface area (Å²) in [5, 5.41) is 5.94. The number of ether oxygens (including phenoxy) is 2. The molecule has 37 heavy (non-hydrogen) atoms. The normalized spacial score (nSPS) is 14.9. The first kappa shape index (κ1) is 26.0. The molecule has 0 saturated carbocycles. The highest BCUT2D eigenvalue weighted by Gasteiger charge is 2.35. The number of nitrogens with zero attached hydrogens (tertiary/aromatic N) is 3. The number of hydrogen-bond donors (Lipinski definition) is 0. The highest BCUT2D eigenvalue weighted by Crippen LogP contribution is 2.33. The molecule has 7 nitrogen and oxygen atoms in total. The summed E-state index contributed by atoms with van der Waals surface area (Å²) in [7, 11) is 3.09. The van der Waals surface area contributed by atoms with Crippen molar-refractivity contribution < 1.29 is 23.5 Å². The van der Waals surface area contributed by atoms with Gasteiger partial charge in [-0.25, -0.2) is 9.40 Å². The van der Waals surface area contributed by atoms with E-state index >= 15 is 0 Å². The molecule has 0 bridgehead atoms. The number of methoxy groups -OCH3 is 2. The van der Waals surface area contributed by atoms with Gasteiger partial charge in [0.15, 0.2) is 0 Å². The molecule has 1 heterocycles. The Balaban J connectivity index is 1.62. The number of hydrogen-bond acceptors (Lipinski definition) is 5. The molecular formula is C29H30FN3O4. The van der Waals surface area contributed by atoms with Crippen molar-refractivity contribution in [1.29, 1.82) is 0 Å². The van der Waals surface area contributed by atoms with Gasteiger partial charge in [-0.2, -0.15) is 5.10 Å². The monoisotopic (exact) mass is 503 g/mol. The van der Waals surface area contributed by atoms with Crippen LogP contribution in [-0.4, -0.2) is 61.4 Å². The lowest BCUT2D eigenvalue weighted by Crippen LogP contribution is -2.42. The quantitative estimate of drug-likeness (QED) is 0.428. The van der Waals surface area contributed by atoms with Crippen molar-refractivity contribution >= 4 is 17.5 Å². The van der Waals surface area contributed by atoms with Crippen molar-refractivity contribution in [3.63, 3.8) is 0 Å². The summed E-state index contributed by atoms with van der Waals surface area (Å²) in [4.78, 5) is 28.4. The van der Waals surface area contributed by atoms with E-state index in [-0.39, 0.29) is 31.5 Å². The smallest absolute Gasteiger partial charge is 0.262 e. The third-order valence-electron chi connectivity index (χ3n) is 6.33. The lowest BCUT2D eigenvalue weighted by Gasteiger charge is -2.27. The van der Waals surface area contributed by atoms with Gasteiger partial charge in [-0.1, -0.05) is 48.0 Å². The van der Waals surface area contributed by atoms with Gasteiger partial charge in [0.25, 0.3) is 11.8 Å². The minimum atomic E-state index is -0.414. The van der Waals surface area contributed by atoms with Gasteiger partial charge >= 0.3 is 0 Å². The third kappa shape index (κ3) is 6.03. The van der Waals surface area contributed by atoms with E-state index in [1.165, 1.54) is 23.1 Å². The van der Waals surface area contributed by atoms with E-state index in [1.807, 2.05) is 31.2 Å². The van der Waals surface area contributed by atoms with Crippen LogP contribution in [0.1, 0.15) is 39.5 Å². The second-order valence-electron chi connectivity index (χ2n) is 8.84. The van der Waals surface area contributed by atoms with Gasteiger partial charge in [-0.3, -0.25) is 9.59 Å². The fraction of sp³-hybridized carbons (Fsp3) is 0.276. The first-order valence-corrected chi connectivity index (χ1v) is 12.0. The molecule has 192 valence electrons. The van der Waals surface area contributed by atoms with Crippen molar-refractivity contribution in [1.82, 2.24) is 9.91 Å². The van der Waals surface area contributed by atoms with Crippen LogP contribution in [0.5, 0.6) is 5.75 Å². The largest absolute Gasteiger partial charge is 0.497 e. The molecule has 0 saturated heterocycles. The second kappa shape index (κ2) is 11.8. The number of amides is 2. The van der Waals surface area contributed by atoms with Gasteiger partial charge in [0.2, 0.25) is 0 Å². The number of halogens is 1. The highest BCUT2D eigenvalue weighted by atomic mass is 19.1. The van der Waals surface area contributed by atoms with Crippen LogP contribution in [-0.2, 0) is 9.53 Å². The molecule has 8 heteroatoms. The first-order chi connectivity index (χ1) is 17.9.